The van der Waals surface area contributed by atoms with E-state index in [0.717, 1.165) is 65.0 Å². The van der Waals surface area contributed by atoms with Crippen molar-refractivity contribution in [3.63, 3.8) is 0 Å². The van der Waals surface area contributed by atoms with Crippen LogP contribution in [-0.2, 0) is 9.47 Å². The molecule has 0 bridgehead atoms. The minimum atomic E-state index is -0.125. The summed E-state index contributed by atoms with van der Waals surface area (Å²) >= 11 is 0. The smallest absolute Gasteiger partial charge is 0.0662 e. The van der Waals surface area contributed by atoms with E-state index in [4.69, 9.17) is 29.9 Å². The van der Waals surface area contributed by atoms with E-state index in [2.05, 4.69) is 0 Å². The quantitative estimate of drug-likeness (QED) is 0.344. The number of hydrogen-bond acceptors (Lipinski definition) is 6. The van der Waals surface area contributed by atoms with Gasteiger partial charge in [-0.2, -0.15) is 0 Å². The number of ether oxygens (including phenoxy) is 2. The molecular formula is C14H32O6. The van der Waals surface area contributed by atoms with Crippen LogP contribution in [0.15, 0.2) is 0 Å². The lowest BCUT2D eigenvalue weighted by Gasteiger charge is -2.05. The van der Waals surface area contributed by atoms with Crippen LogP contribution in [0, 0.1) is 0 Å². The van der Waals surface area contributed by atoms with Gasteiger partial charge in [0.2, 0.25) is 0 Å². The molecule has 0 unspecified atom stereocenters. The SMILES string of the molecule is OCCCCOCCCCOCCCCO.OCCO. The Morgan fingerprint density at radius 2 is 0.700 bits per heavy atom. The lowest BCUT2D eigenvalue weighted by Crippen LogP contribution is -2.02. The molecule has 124 valence electrons. The number of aliphatic hydroxyl groups is 4. The summed E-state index contributed by atoms with van der Waals surface area (Å²) in [4.78, 5) is 0. The van der Waals surface area contributed by atoms with Gasteiger partial charge in [0.05, 0.1) is 13.2 Å². The summed E-state index contributed by atoms with van der Waals surface area (Å²) in [7, 11) is 0. The van der Waals surface area contributed by atoms with Gasteiger partial charge >= 0.3 is 0 Å². The molecule has 0 aliphatic heterocycles. The van der Waals surface area contributed by atoms with Gasteiger partial charge in [0.25, 0.3) is 0 Å². The minimum Gasteiger partial charge on any atom is -0.396 e. The Morgan fingerprint density at radius 1 is 0.400 bits per heavy atom. The zero-order valence-corrected chi connectivity index (χ0v) is 12.5. The maximum atomic E-state index is 8.54. The van der Waals surface area contributed by atoms with Gasteiger partial charge in [-0.05, 0) is 38.5 Å². The van der Waals surface area contributed by atoms with Gasteiger partial charge in [-0.25, -0.2) is 0 Å². The maximum absolute atomic E-state index is 8.54. The van der Waals surface area contributed by atoms with Gasteiger partial charge in [-0.1, -0.05) is 0 Å². The molecule has 0 spiro atoms. The summed E-state index contributed by atoms with van der Waals surface area (Å²) < 4.78 is 10.8. The Hall–Kier alpha value is -0.240. The molecule has 0 saturated carbocycles. The van der Waals surface area contributed by atoms with Crippen LogP contribution in [0.3, 0.4) is 0 Å². The highest BCUT2D eigenvalue weighted by molar-refractivity contribution is 4.41. The molecule has 0 aliphatic carbocycles. The van der Waals surface area contributed by atoms with Crippen molar-refractivity contribution in [2.75, 3.05) is 52.9 Å². The van der Waals surface area contributed by atoms with E-state index in [1.807, 2.05) is 0 Å². The van der Waals surface area contributed by atoms with Crippen LogP contribution in [0.5, 0.6) is 0 Å². The Kier molecular flexibility index (Phi) is 26.3. The molecule has 0 heterocycles. The van der Waals surface area contributed by atoms with E-state index >= 15 is 0 Å². The number of hydrogen-bond donors (Lipinski definition) is 4. The highest BCUT2D eigenvalue weighted by Gasteiger charge is 1.92. The first kappa shape index (κ1) is 22.0. The van der Waals surface area contributed by atoms with Crippen molar-refractivity contribution in [1.29, 1.82) is 0 Å². The highest BCUT2D eigenvalue weighted by Crippen LogP contribution is 1.95. The molecule has 0 aromatic rings. The third kappa shape index (κ3) is 26.3. The predicted octanol–water partition coefficient (Wildman–Crippen LogP) is 0.316. The van der Waals surface area contributed by atoms with Crippen molar-refractivity contribution >= 4 is 0 Å². The maximum Gasteiger partial charge on any atom is 0.0662 e. The first-order valence-corrected chi connectivity index (χ1v) is 7.42. The van der Waals surface area contributed by atoms with Crippen molar-refractivity contribution in [1.82, 2.24) is 0 Å². The van der Waals surface area contributed by atoms with Gasteiger partial charge in [0, 0.05) is 39.6 Å². The summed E-state index contributed by atoms with van der Waals surface area (Å²) in [6, 6.07) is 0. The molecule has 0 amide bonds. The molecule has 4 N–H and O–H groups in total. The van der Waals surface area contributed by atoms with Gasteiger partial charge in [0.15, 0.2) is 0 Å². The predicted molar refractivity (Wildman–Crippen MR) is 77.7 cm³/mol. The van der Waals surface area contributed by atoms with Crippen molar-refractivity contribution in [3.05, 3.63) is 0 Å². The summed E-state index contributed by atoms with van der Waals surface area (Å²) in [6.45, 7) is 3.32. The molecule has 0 aromatic carbocycles. The van der Waals surface area contributed by atoms with Crippen LogP contribution in [-0.4, -0.2) is 73.3 Å². The third-order valence-electron chi connectivity index (χ3n) is 2.32. The molecular weight excluding hydrogens is 264 g/mol. The zero-order valence-electron chi connectivity index (χ0n) is 12.5. The lowest BCUT2D eigenvalue weighted by atomic mass is 10.3. The fourth-order valence-electron chi connectivity index (χ4n) is 1.24. The normalized spacial score (nSPS) is 10.2. The Balaban J connectivity index is 0. The largest absolute Gasteiger partial charge is 0.396 e. The van der Waals surface area contributed by atoms with Crippen molar-refractivity contribution in [2.45, 2.75) is 38.5 Å². The number of aliphatic hydroxyl groups excluding tert-OH is 4. The molecule has 0 fully saturated rings. The average Bonchev–Trinajstić information content (AvgIpc) is 2.49. The van der Waals surface area contributed by atoms with Crippen LogP contribution in [0.4, 0.5) is 0 Å². The van der Waals surface area contributed by atoms with E-state index in [-0.39, 0.29) is 26.4 Å². The molecule has 6 heteroatoms. The van der Waals surface area contributed by atoms with Crippen LogP contribution in [0.2, 0.25) is 0 Å². The molecule has 0 aromatic heterocycles. The second-order valence-corrected chi connectivity index (χ2v) is 4.24. The van der Waals surface area contributed by atoms with Gasteiger partial charge < -0.3 is 29.9 Å². The van der Waals surface area contributed by atoms with Crippen molar-refractivity contribution in [3.8, 4) is 0 Å². The van der Waals surface area contributed by atoms with Crippen LogP contribution < -0.4 is 0 Å². The van der Waals surface area contributed by atoms with Gasteiger partial charge in [0.1, 0.15) is 0 Å². The van der Waals surface area contributed by atoms with E-state index in [1.54, 1.807) is 0 Å². The lowest BCUT2D eigenvalue weighted by molar-refractivity contribution is 0.0960. The Labute approximate surface area is 122 Å². The molecule has 20 heavy (non-hydrogen) atoms. The monoisotopic (exact) mass is 296 g/mol. The summed E-state index contributed by atoms with van der Waals surface area (Å²) in [5.41, 5.74) is 0. The average molecular weight is 296 g/mol. The van der Waals surface area contributed by atoms with Crippen molar-refractivity contribution in [2.24, 2.45) is 0 Å². The first-order valence-electron chi connectivity index (χ1n) is 7.42. The van der Waals surface area contributed by atoms with Gasteiger partial charge in [-0.3, -0.25) is 0 Å². The van der Waals surface area contributed by atoms with Crippen LogP contribution in [0.1, 0.15) is 38.5 Å². The zero-order chi connectivity index (χ0) is 15.3. The third-order valence-corrected chi connectivity index (χ3v) is 2.32. The van der Waals surface area contributed by atoms with E-state index in [0.29, 0.717) is 0 Å². The minimum absolute atomic E-state index is 0.125. The Morgan fingerprint density at radius 3 is 0.950 bits per heavy atom. The standard InChI is InChI=1S/C12H26O4.C2H6O2/c13-7-1-3-9-15-11-5-6-12-16-10-4-2-8-14;3-1-2-4/h13-14H,1-12H2;3-4H,1-2H2. The second kappa shape index (κ2) is 23.8. The number of unbranched alkanes of at least 4 members (excludes halogenated alkanes) is 3. The molecule has 0 radical (unpaired) electrons. The number of rotatable bonds is 14. The molecule has 0 aliphatic rings. The van der Waals surface area contributed by atoms with E-state index in [9.17, 15) is 0 Å². The summed E-state index contributed by atoms with van der Waals surface area (Å²) in [6.07, 6.45) is 5.59. The Bertz CT molecular complexity index is 130. The van der Waals surface area contributed by atoms with E-state index < -0.39 is 0 Å². The fourth-order valence-corrected chi connectivity index (χ4v) is 1.24. The molecule has 0 rings (SSSR count). The molecule has 0 atom stereocenters. The first-order chi connectivity index (χ1) is 9.83. The second-order valence-electron chi connectivity index (χ2n) is 4.24. The van der Waals surface area contributed by atoms with Crippen LogP contribution >= 0.6 is 0 Å². The van der Waals surface area contributed by atoms with Gasteiger partial charge in [-0.15, -0.1) is 0 Å². The van der Waals surface area contributed by atoms with Crippen molar-refractivity contribution < 1.29 is 29.9 Å². The topological polar surface area (TPSA) is 99.4 Å². The molecule has 6 nitrogen and oxygen atoms in total. The highest BCUT2D eigenvalue weighted by atomic mass is 16.5. The van der Waals surface area contributed by atoms with Crippen LogP contribution in [0.25, 0.3) is 0 Å². The summed E-state index contributed by atoms with van der Waals surface area (Å²) in [5, 5.41) is 32.3. The van der Waals surface area contributed by atoms with E-state index in [1.165, 1.54) is 0 Å². The molecule has 0 saturated heterocycles. The summed E-state index contributed by atoms with van der Waals surface area (Å²) in [5.74, 6) is 0. The fraction of sp³-hybridized carbons (Fsp3) is 1.00.